The summed E-state index contributed by atoms with van der Waals surface area (Å²) < 4.78 is 9.44. The summed E-state index contributed by atoms with van der Waals surface area (Å²) in [6, 6.07) is 129. The smallest absolute Gasteiger partial charge is 0.0724 e. The number of hydrogen-bond donors (Lipinski definition) is 0. The molecule has 108 heavy (non-hydrogen) atoms. The van der Waals surface area contributed by atoms with Gasteiger partial charge in [-0.25, -0.2) is 0 Å². The Morgan fingerprint density at radius 2 is 0.426 bits per heavy atom. The van der Waals surface area contributed by atoms with Crippen LogP contribution < -0.4 is 0 Å². The van der Waals surface area contributed by atoms with Crippen LogP contribution in [-0.4, -0.2) is 28.2 Å². The summed E-state index contributed by atoms with van der Waals surface area (Å²) in [5, 5.41) is 15.2. The lowest BCUT2D eigenvalue weighted by Gasteiger charge is -2.12. The van der Waals surface area contributed by atoms with E-state index in [1.807, 2.05) is 24.8 Å². The highest BCUT2D eigenvalue weighted by molar-refractivity contribution is 6.21. The van der Waals surface area contributed by atoms with Gasteiger partial charge in [-0.05, 0) is 232 Å². The van der Waals surface area contributed by atoms with Gasteiger partial charge in [-0.3, -0.25) is 9.97 Å². The van der Waals surface area contributed by atoms with Gasteiger partial charge in [0.25, 0.3) is 0 Å². The quantitative estimate of drug-likeness (QED) is 0.152. The summed E-state index contributed by atoms with van der Waals surface area (Å²) in [5.41, 5.74) is 34.3. The third-order valence-electron chi connectivity index (χ3n) is 23.1. The number of pyridine rings is 2. The van der Waals surface area contributed by atoms with Crippen LogP contribution in [0.15, 0.2) is 377 Å². The van der Waals surface area contributed by atoms with Crippen molar-refractivity contribution in [3.8, 4) is 112 Å². The molecule has 0 atom stereocenters. The molecule has 0 N–H and O–H groups in total. The minimum Gasteiger partial charge on any atom is -0.309 e. The molecule has 0 aliphatic heterocycles. The van der Waals surface area contributed by atoms with Crippen LogP contribution in [0.25, 0.3) is 221 Å². The average Bonchev–Trinajstić information content (AvgIpc) is 1.60. The number of rotatable bonds is 8. The molecule has 2 aliphatic rings. The molecule has 0 unspecified atom stereocenters. The largest absolute Gasteiger partial charge is 0.309 e. The van der Waals surface area contributed by atoms with Gasteiger partial charge >= 0.3 is 0 Å². The van der Waals surface area contributed by atoms with Gasteiger partial charge in [-0.2, -0.15) is 0 Å². The third-order valence-corrected chi connectivity index (χ3v) is 23.1. The van der Waals surface area contributed by atoms with Crippen LogP contribution in [0.2, 0.25) is 0 Å². The van der Waals surface area contributed by atoms with E-state index in [0.717, 1.165) is 28.1 Å². The van der Waals surface area contributed by atoms with Crippen molar-refractivity contribution in [2.24, 2.45) is 0 Å². The minimum atomic E-state index is 1.10. The first kappa shape index (κ1) is 60.0. The number of fused-ring (bicyclic) bond motifs is 18. The van der Waals surface area contributed by atoms with Crippen molar-refractivity contribution in [2.75, 3.05) is 0 Å². The van der Waals surface area contributed by atoms with Gasteiger partial charge < -0.3 is 18.3 Å². The fourth-order valence-corrected chi connectivity index (χ4v) is 18.4. The second-order valence-electron chi connectivity index (χ2n) is 28.7. The van der Waals surface area contributed by atoms with Gasteiger partial charge in [-0.15, -0.1) is 0 Å². The first-order valence-electron chi connectivity index (χ1n) is 37.1. The van der Waals surface area contributed by atoms with E-state index in [0.29, 0.717) is 0 Å². The molecule has 500 valence electrons. The molecule has 2 aliphatic carbocycles. The predicted octanol–water partition coefficient (Wildman–Crippen LogP) is 26.8. The van der Waals surface area contributed by atoms with Crippen LogP contribution >= 0.6 is 0 Å². The Bertz CT molecular complexity index is 7010. The number of hydrogen-bond acceptors (Lipinski definition) is 2. The molecule has 6 nitrogen and oxygen atoms in total. The normalized spacial score (nSPS) is 12.1. The van der Waals surface area contributed by atoms with Crippen molar-refractivity contribution in [1.82, 2.24) is 28.2 Å². The van der Waals surface area contributed by atoms with E-state index in [1.54, 1.807) is 0 Å². The highest BCUT2D eigenvalue weighted by Gasteiger charge is 2.26. The fourth-order valence-electron chi connectivity index (χ4n) is 18.4. The standard InChI is InChI=1S/2C51H31N3/c1-2-9-35(10-3-1)54-49-26-20-34(30-46(49)41-27-28-52-31-50(41)54)33-19-25-48-45(29-33)40-13-6-7-16-47(40)53(48)36-21-17-32(18-22-36)37-23-24-44-39-12-5-4-11-38(39)43-15-8-14-42(37)51(43)44;1-2-9-35(10-3-1)53-47-16-7-6-13-40(47)45-29-33(19-25-48(45)53)34-20-26-49-46(30-34)41-27-28-52-31-50(41)54(49)36-21-17-32(18-22-36)37-23-24-44-39-12-5-4-11-38(39)43-15-8-14-42(37)51(43)44/h2*1-31H. The van der Waals surface area contributed by atoms with Crippen LogP contribution in [0.1, 0.15) is 0 Å². The number of para-hydroxylation sites is 4. The summed E-state index contributed by atoms with van der Waals surface area (Å²) in [5.74, 6) is 0. The minimum absolute atomic E-state index is 1.10. The number of benzene rings is 16. The zero-order valence-electron chi connectivity index (χ0n) is 58.5. The van der Waals surface area contributed by atoms with Gasteiger partial charge in [0.05, 0.1) is 56.5 Å². The van der Waals surface area contributed by atoms with E-state index in [2.05, 4.69) is 380 Å². The molecule has 6 heterocycles. The van der Waals surface area contributed by atoms with Crippen molar-refractivity contribution in [1.29, 1.82) is 0 Å². The zero-order valence-corrected chi connectivity index (χ0v) is 58.5. The van der Waals surface area contributed by atoms with Crippen LogP contribution in [0.5, 0.6) is 0 Å². The monoisotopic (exact) mass is 1370 g/mol. The Morgan fingerprint density at radius 3 is 0.806 bits per heavy atom. The molecule has 0 spiro atoms. The zero-order chi connectivity index (χ0) is 70.7. The van der Waals surface area contributed by atoms with Crippen molar-refractivity contribution >= 4 is 109 Å². The molecule has 0 saturated heterocycles. The van der Waals surface area contributed by atoms with E-state index >= 15 is 0 Å². The maximum absolute atomic E-state index is 4.58. The van der Waals surface area contributed by atoms with Gasteiger partial charge in [-0.1, -0.05) is 231 Å². The van der Waals surface area contributed by atoms with Gasteiger partial charge in [0.15, 0.2) is 0 Å². The topological polar surface area (TPSA) is 45.5 Å². The lowest BCUT2D eigenvalue weighted by molar-refractivity contribution is 1.17. The SMILES string of the molecule is c1ccc(-n2c3ccc(-c4ccc5c(c4)c4ccccc4n5-c4ccc(-c5ccc6c7c(cccc57)-c5ccccc5-6)cc4)cc3c3ccncc32)cc1.c1ccc(-n2c3ccccc3c3cc(-c4ccc5c(c4)c4ccncc4n5-c4ccc(-c5ccc6c7c(cccc57)-c5ccccc5-6)cc4)ccc32)cc1. The second-order valence-corrected chi connectivity index (χ2v) is 28.7. The summed E-state index contributed by atoms with van der Waals surface area (Å²) in [4.78, 5) is 9.07. The van der Waals surface area contributed by atoms with E-state index in [-0.39, 0.29) is 0 Å². The average molecular weight is 1370 g/mol. The first-order valence-corrected chi connectivity index (χ1v) is 37.1. The van der Waals surface area contributed by atoms with E-state index in [4.69, 9.17) is 0 Å². The molecule has 0 saturated carbocycles. The third kappa shape index (κ3) is 8.95. The van der Waals surface area contributed by atoms with Crippen molar-refractivity contribution in [2.45, 2.75) is 0 Å². The molecule has 0 fully saturated rings. The molecule has 16 aromatic carbocycles. The highest BCUT2D eigenvalue weighted by Crippen LogP contribution is 2.52. The Morgan fingerprint density at radius 1 is 0.157 bits per heavy atom. The summed E-state index contributed by atoms with van der Waals surface area (Å²) in [6.45, 7) is 0. The Balaban J connectivity index is 0.000000130. The molecule has 24 rings (SSSR count). The molecular formula is C102H62N6. The van der Waals surface area contributed by atoms with Gasteiger partial charge in [0.1, 0.15) is 0 Å². The predicted molar refractivity (Wildman–Crippen MR) is 451 cm³/mol. The molecular weight excluding hydrogens is 1310 g/mol. The van der Waals surface area contributed by atoms with Crippen molar-refractivity contribution < 1.29 is 0 Å². The van der Waals surface area contributed by atoms with Crippen LogP contribution in [0.4, 0.5) is 0 Å². The molecule has 0 radical (unpaired) electrons. The molecule has 6 aromatic heterocycles. The first-order chi connectivity index (χ1) is 53.6. The fraction of sp³-hybridized carbons (Fsp3) is 0. The van der Waals surface area contributed by atoms with E-state index in [9.17, 15) is 0 Å². The molecule has 22 aromatic rings. The Labute approximate surface area is 621 Å². The van der Waals surface area contributed by atoms with Gasteiger partial charge in [0, 0.05) is 78.2 Å². The molecule has 0 bridgehead atoms. The number of nitrogens with zero attached hydrogens (tertiary/aromatic N) is 6. The second kappa shape index (κ2) is 23.5. The van der Waals surface area contributed by atoms with Crippen LogP contribution in [0.3, 0.4) is 0 Å². The maximum Gasteiger partial charge on any atom is 0.0724 e. The molecule has 6 heteroatoms. The number of aromatic nitrogens is 6. The summed E-state index contributed by atoms with van der Waals surface area (Å²) in [6.07, 6.45) is 7.76. The summed E-state index contributed by atoms with van der Waals surface area (Å²) in [7, 11) is 0. The summed E-state index contributed by atoms with van der Waals surface area (Å²) >= 11 is 0. The lowest BCUT2D eigenvalue weighted by atomic mass is 9.94. The molecule has 0 amide bonds. The van der Waals surface area contributed by atoms with Crippen LogP contribution in [-0.2, 0) is 0 Å². The van der Waals surface area contributed by atoms with Crippen LogP contribution in [0, 0.1) is 0 Å². The van der Waals surface area contributed by atoms with Gasteiger partial charge in [0.2, 0.25) is 0 Å². The Kier molecular flexibility index (Phi) is 13.1. The Hall–Kier alpha value is -14.5. The van der Waals surface area contributed by atoms with E-state index in [1.165, 1.54) is 192 Å². The van der Waals surface area contributed by atoms with Crippen molar-refractivity contribution in [3.05, 3.63) is 377 Å². The lowest BCUT2D eigenvalue weighted by Crippen LogP contribution is -1.94. The maximum atomic E-state index is 4.58. The van der Waals surface area contributed by atoms with Crippen molar-refractivity contribution in [3.63, 3.8) is 0 Å². The van der Waals surface area contributed by atoms with E-state index < -0.39 is 0 Å². The highest BCUT2D eigenvalue weighted by atomic mass is 15.0.